The molecule has 0 bridgehead atoms. The first-order valence-corrected chi connectivity index (χ1v) is 11.0. The van der Waals surface area contributed by atoms with Crippen molar-refractivity contribution < 1.29 is 22.7 Å². The first-order valence-electron chi connectivity index (χ1n) is 9.22. The Morgan fingerprint density at radius 1 is 1.00 bits per heavy atom. The predicted octanol–water partition coefficient (Wildman–Crippen LogP) is 3.94. The monoisotopic (exact) mass is 456 g/mol. The van der Waals surface area contributed by atoms with Crippen molar-refractivity contribution in [2.24, 2.45) is 0 Å². The van der Waals surface area contributed by atoms with Gasteiger partial charge in [-0.1, -0.05) is 48.0 Å². The summed E-state index contributed by atoms with van der Waals surface area (Å²) in [5, 5.41) is 2.79. The van der Waals surface area contributed by atoms with Gasteiger partial charge in [0.25, 0.3) is 10.0 Å². The Balaban J connectivity index is 1.65. The van der Waals surface area contributed by atoms with E-state index in [0.717, 1.165) is 9.87 Å². The highest BCUT2D eigenvalue weighted by atomic mass is 35.5. The normalized spacial score (nSPS) is 13.7. The van der Waals surface area contributed by atoms with Crippen molar-refractivity contribution in [3.05, 3.63) is 77.3 Å². The van der Waals surface area contributed by atoms with Gasteiger partial charge >= 0.3 is 5.97 Å². The molecule has 1 aliphatic rings. The SMILES string of the molecule is COC(=O)c1cc(NC(=O)CN2c3ccccc3-c3ccccc3S2(=O)=O)ccc1Cl. The fourth-order valence-electron chi connectivity index (χ4n) is 3.45. The van der Waals surface area contributed by atoms with Crippen LogP contribution < -0.4 is 9.62 Å². The van der Waals surface area contributed by atoms with Gasteiger partial charge < -0.3 is 10.1 Å². The van der Waals surface area contributed by atoms with E-state index in [4.69, 9.17) is 11.6 Å². The summed E-state index contributed by atoms with van der Waals surface area (Å²) in [6.07, 6.45) is 0. The maximum absolute atomic E-state index is 13.2. The highest BCUT2D eigenvalue weighted by molar-refractivity contribution is 7.93. The van der Waals surface area contributed by atoms with E-state index in [9.17, 15) is 18.0 Å². The van der Waals surface area contributed by atoms with Crippen molar-refractivity contribution in [2.45, 2.75) is 4.90 Å². The van der Waals surface area contributed by atoms with Gasteiger partial charge in [0.15, 0.2) is 0 Å². The van der Waals surface area contributed by atoms with Gasteiger partial charge in [0, 0.05) is 16.8 Å². The number of halogens is 1. The Morgan fingerprint density at radius 3 is 2.42 bits per heavy atom. The molecule has 3 aromatic rings. The van der Waals surface area contributed by atoms with E-state index in [-0.39, 0.29) is 21.2 Å². The number of nitrogens with zero attached hydrogens (tertiary/aromatic N) is 1. The third-order valence-electron chi connectivity index (χ3n) is 4.86. The zero-order chi connectivity index (χ0) is 22.2. The second-order valence-electron chi connectivity index (χ2n) is 6.76. The summed E-state index contributed by atoms with van der Waals surface area (Å²) in [6, 6.07) is 18.0. The molecular formula is C22H17ClN2O5S. The van der Waals surface area contributed by atoms with Crippen LogP contribution in [-0.2, 0) is 19.6 Å². The number of hydrogen-bond acceptors (Lipinski definition) is 5. The van der Waals surface area contributed by atoms with Gasteiger partial charge in [-0.2, -0.15) is 0 Å². The van der Waals surface area contributed by atoms with Crippen LogP contribution in [0.15, 0.2) is 71.6 Å². The second-order valence-corrected chi connectivity index (χ2v) is 9.00. The molecule has 0 aromatic heterocycles. The average Bonchev–Trinajstić information content (AvgIpc) is 2.77. The number of methoxy groups -OCH3 is 1. The molecule has 0 fully saturated rings. The molecule has 1 heterocycles. The Hall–Kier alpha value is -3.36. The highest BCUT2D eigenvalue weighted by Gasteiger charge is 2.35. The van der Waals surface area contributed by atoms with Crippen LogP contribution >= 0.6 is 11.6 Å². The lowest BCUT2D eigenvalue weighted by Gasteiger charge is -2.31. The van der Waals surface area contributed by atoms with Crippen LogP contribution in [0.3, 0.4) is 0 Å². The lowest BCUT2D eigenvalue weighted by molar-refractivity contribution is -0.114. The molecule has 7 nitrogen and oxygen atoms in total. The summed E-state index contributed by atoms with van der Waals surface area (Å²) in [5.74, 6) is -1.22. The van der Waals surface area contributed by atoms with Crippen LogP contribution in [0, 0.1) is 0 Å². The third-order valence-corrected chi connectivity index (χ3v) is 7.01. The van der Waals surface area contributed by atoms with Crippen molar-refractivity contribution in [3.8, 4) is 11.1 Å². The summed E-state index contributed by atoms with van der Waals surface area (Å²) >= 11 is 6.00. The number of hydrogen-bond donors (Lipinski definition) is 1. The summed E-state index contributed by atoms with van der Waals surface area (Å²) in [6.45, 7) is -0.441. The van der Waals surface area contributed by atoms with E-state index < -0.39 is 28.4 Å². The lowest BCUT2D eigenvalue weighted by Crippen LogP contribution is -2.40. The molecule has 158 valence electrons. The van der Waals surface area contributed by atoms with Crippen molar-refractivity contribution in [1.82, 2.24) is 0 Å². The molecule has 1 aliphatic heterocycles. The van der Waals surface area contributed by atoms with E-state index >= 15 is 0 Å². The number of carbonyl (C=O) groups is 2. The van der Waals surface area contributed by atoms with Crippen LogP contribution in [0.5, 0.6) is 0 Å². The number of carbonyl (C=O) groups excluding carboxylic acids is 2. The second kappa shape index (κ2) is 8.05. The molecular weight excluding hydrogens is 440 g/mol. The summed E-state index contributed by atoms with van der Waals surface area (Å²) in [4.78, 5) is 24.7. The molecule has 0 atom stereocenters. The first kappa shape index (κ1) is 20.9. The number of fused-ring (bicyclic) bond motifs is 3. The van der Waals surface area contributed by atoms with Crippen molar-refractivity contribution >= 4 is 44.9 Å². The molecule has 0 unspecified atom stereocenters. The van der Waals surface area contributed by atoms with Gasteiger partial charge in [0.05, 0.1) is 28.3 Å². The van der Waals surface area contributed by atoms with Crippen molar-refractivity contribution in [3.63, 3.8) is 0 Å². The smallest absolute Gasteiger partial charge is 0.339 e. The highest BCUT2D eigenvalue weighted by Crippen LogP contribution is 2.42. The van der Waals surface area contributed by atoms with Gasteiger partial charge in [-0.25, -0.2) is 13.2 Å². The van der Waals surface area contributed by atoms with E-state index in [1.54, 1.807) is 30.3 Å². The average molecular weight is 457 g/mol. The van der Waals surface area contributed by atoms with Gasteiger partial charge in [0.1, 0.15) is 6.54 Å². The number of rotatable bonds is 4. The van der Waals surface area contributed by atoms with Crippen LogP contribution in [0.4, 0.5) is 11.4 Å². The van der Waals surface area contributed by atoms with Gasteiger partial charge in [0.2, 0.25) is 5.91 Å². The van der Waals surface area contributed by atoms with E-state index in [0.29, 0.717) is 11.3 Å². The summed E-state index contributed by atoms with van der Waals surface area (Å²) in [7, 11) is -2.72. The molecule has 0 saturated carbocycles. The van der Waals surface area contributed by atoms with Gasteiger partial charge in [-0.15, -0.1) is 0 Å². The zero-order valence-electron chi connectivity index (χ0n) is 16.3. The third kappa shape index (κ3) is 3.75. The zero-order valence-corrected chi connectivity index (χ0v) is 17.9. The Labute approximate surface area is 184 Å². The van der Waals surface area contributed by atoms with Crippen LogP contribution in [-0.4, -0.2) is 33.9 Å². The summed E-state index contributed by atoms with van der Waals surface area (Å²) in [5.41, 5.74) is 2.11. The largest absolute Gasteiger partial charge is 0.465 e. The number of amides is 1. The summed E-state index contributed by atoms with van der Waals surface area (Å²) < 4.78 is 32.3. The number of para-hydroxylation sites is 1. The molecule has 3 aromatic carbocycles. The number of nitrogens with one attached hydrogen (secondary N) is 1. The van der Waals surface area contributed by atoms with Gasteiger partial charge in [-0.05, 0) is 30.3 Å². The Morgan fingerprint density at radius 2 is 1.68 bits per heavy atom. The standard InChI is InChI=1S/C22H17ClN2O5S/c1-30-22(27)17-12-14(10-11-18(17)23)24-21(26)13-25-19-8-4-2-6-15(19)16-7-3-5-9-20(16)31(25,28)29/h2-12H,13H2,1H3,(H,24,26). The number of esters is 1. The number of sulfonamides is 1. The maximum atomic E-state index is 13.2. The van der Waals surface area contributed by atoms with Crippen LogP contribution in [0.1, 0.15) is 10.4 Å². The van der Waals surface area contributed by atoms with E-state index in [1.807, 2.05) is 12.1 Å². The lowest BCUT2D eigenvalue weighted by atomic mass is 10.0. The Bertz CT molecular complexity index is 1310. The van der Waals surface area contributed by atoms with Crippen LogP contribution in [0.25, 0.3) is 11.1 Å². The minimum atomic E-state index is -3.94. The molecule has 9 heteroatoms. The fraction of sp³-hybridized carbons (Fsp3) is 0.0909. The van der Waals surface area contributed by atoms with Gasteiger partial charge in [-0.3, -0.25) is 9.10 Å². The number of anilines is 2. The molecule has 1 N–H and O–H groups in total. The first-order chi connectivity index (χ1) is 14.8. The fourth-order valence-corrected chi connectivity index (χ4v) is 5.30. The Kier molecular flexibility index (Phi) is 5.43. The number of ether oxygens (including phenoxy) is 1. The van der Waals surface area contributed by atoms with E-state index in [1.165, 1.54) is 31.4 Å². The van der Waals surface area contributed by atoms with E-state index in [2.05, 4.69) is 10.1 Å². The predicted molar refractivity (Wildman–Crippen MR) is 118 cm³/mol. The van der Waals surface area contributed by atoms with Crippen LogP contribution in [0.2, 0.25) is 5.02 Å². The maximum Gasteiger partial charge on any atom is 0.339 e. The molecule has 0 spiro atoms. The molecule has 1 amide bonds. The molecule has 31 heavy (non-hydrogen) atoms. The molecule has 0 aliphatic carbocycles. The molecule has 4 rings (SSSR count). The minimum Gasteiger partial charge on any atom is -0.465 e. The quantitative estimate of drug-likeness (QED) is 0.600. The molecule has 0 radical (unpaired) electrons. The van der Waals surface area contributed by atoms with Crippen molar-refractivity contribution in [1.29, 1.82) is 0 Å². The van der Waals surface area contributed by atoms with Crippen molar-refractivity contribution in [2.75, 3.05) is 23.3 Å². The molecule has 0 saturated heterocycles. The minimum absolute atomic E-state index is 0.0897. The number of benzene rings is 3. The topological polar surface area (TPSA) is 92.8 Å².